The maximum Gasteiger partial charge on any atom is 0.257 e. The fourth-order valence-electron chi connectivity index (χ4n) is 5.55. The summed E-state index contributed by atoms with van der Waals surface area (Å²) in [5.41, 5.74) is 0.574. The molecule has 1 aromatic carbocycles. The van der Waals surface area contributed by atoms with Crippen LogP contribution in [0.2, 0.25) is 0 Å². The number of hydrogen-bond donors (Lipinski definition) is 2. The zero-order valence-corrected chi connectivity index (χ0v) is 17.1. The minimum Gasteiger partial charge on any atom is -0.491 e. The summed E-state index contributed by atoms with van der Waals surface area (Å²) in [5.74, 6) is 3.86. The van der Waals surface area contributed by atoms with Crippen molar-refractivity contribution >= 4 is 23.2 Å². The van der Waals surface area contributed by atoms with E-state index in [4.69, 9.17) is 17.0 Å². The third-order valence-corrected chi connectivity index (χ3v) is 6.98. The van der Waals surface area contributed by atoms with E-state index in [0.717, 1.165) is 35.8 Å². The van der Waals surface area contributed by atoms with Gasteiger partial charge < -0.3 is 10.1 Å². The maximum atomic E-state index is 12.6. The molecule has 4 aliphatic carbocycles. The van der Waals surface area contributed by atoms with Gasteiger partial charge in [0.2, 0.25) is 0 Å². The molecule has 0 aliphatic heterocycles. The molecule has 1 aromatic rings. The van der Waals surface area contributed by atoms with Gasteiger partial charge in [-0.1, -0.05) is 13.0 Å². The van der Waals surface area contributed by atoms with Crippen LogP contribution in [-0.2, 0) is 0 Å². The first-order valence-electron chi connectivity index (χ1n) is 10.4. The molecule has 1 atom stereocenters. The van der Waals surface area contributed by atoms with Crippen molar-refractivity contribution in [2.24, 2.45) is 23.7 Å². The number of carbonyl (C=O) groups is 1. The maximum absolute atomic E-state index is 12.6. The van der Waals surface area contributed by atoms with E-state index in [0.29, 0.717) is 16.7 Å². The highest BCUT2D eigenvalue weighted by atomic mass is 32.1. The predicted octanol–water partition coefficient (Wildman–Crippen LogP) is 4.29. The van der Waals surface area contributed by atoms with Crippen molar-refractivity contribution in [2.45, 2.75) is 64.5 Å². The summed E-state index contributed by atoms with van der Waals surface area (Å²) < 4.78 is 5.82. The van der Waals surface area contributed by atoms with Crippen molar-refractivity contribution in [1.29, 1.82) is 0 Å². The Balaban J connectivity index is 1.34. The molecule has 4 saturated carbocycles. The molecule has 4 nitrogen and oxygen atoms in total. The van der Waals surface area contributed by atoms with Crippen LogP contribution in [-0.4, -0.2) is 23.2 Å². The average molecular weight is 387 g/mol. The van der Waals surface area contributed by atoms with Crippen LogP contribution in [0.25, 0.3) is 0 Å². The van der Waals surface area contributed by atoms with Gasteiger partial charge in [0.25, 0.3) is 5.91 Å². The lowest BCUT2D eigenvalue weighted by Gasteiger charge is -2.54. The summed E-state index contributed by atoms with van der Waals surface area (Å²) in [4.78, 5) is 12.6. The lowest BCUT2D eigenvalue weighted by atomic mass is 9.54. The Morgan fingerprint density at radius 1 is 1.19 bits per heavy atom. The van der Waals surface area contributed by atoms with E-state index >= 15 is 0 Å². The standard InChI is InChI=1S/C22H30N2O2S/c1-3-13(2)26-19-6-4-5-16(12-19)21(25)24-22(27)23-20-17-8-14-7-15(10-17)11-18(20)9-14/h4-6,12-15,17-18,20H,3,7-11H2,1-2H3,(H2,23,24,25,27)/t13-,14?,15?,17?,18?,20?/m0/s1. The molecule has 146 valence electrons. The molecule has 0 heterocycles. The highest BCUT2D eigenvalue weighted by Crippen LogP contribution is 2.53. The van der Waals surface area contributed by atoms with Gasteiger partial charge in [0.1, 0.15) is 5.75 Å². The van der Waals surface area contributed by atoms with Crippen LogP contribution in [0, 0.1) is 23.7 Å². The summed E-state index contributed by atoms with van der Waals surface area (Å²) in [6.45, 7) is 4.10. The summed E-state index contributed by atoms with van der Waals surface area (Å²) in [5, 5.41) is 6.83. The van der Waals surface area contributed by atoms with Gasteiger partial charge in [-0.3, -0.25) is 10.1 Å². The van der Waals surface area contributed by atoms with E-state index < -0.39 is 0 Å². The molecule has 4 fully saturated rings. The van der Waals surface area contributed by atoms with Gasteiger partial charge in [-0.25, -0.2) is 0 Å². The average Bonchev–Trinajstić information content (AvgIpc) is 2.64. The van der Waals surface area contributed by atoms with E-state index in [1.54, 1.807) is 12.1 Å². The first kappa shape index (κ1) is 18.7. The quantitative estimate of drug-likeness (QED) is 0.741. The number of thiocarbonyl (C=S) groups is 1. The van der Waals surface area contributed by atoms with Gasteiger partial charge in [-0.2, -0.15) is 0 Å². The minimum absolute atomic E-state index is 0.128. The molecule has 0 aromatic heterocycles. The van der Waals surface area contributed by atoms with E-state index in [-0.39, 0.29) is 12.0 Å². The highest BCUT2D eigenvalue weighted by Gasteiger charge is 2.48. The van der Waals surface area contributed by atoms with E-state index in [1.807, 2.05) is 19.1 Å². The second-order valence-electron chi connectivity index (χ2n) is 8.75. The third-order valence-electron chi connectivity index (χ3n) is 6.76. The summed E-state index contributed by atoms with van der Waals surface area (Å²) in [6, 6.07) is 7.75. The molecule has 27 heavy (non-hydrogen) atoms. The minimum atomic E-state index is -0.175. The van der Waals surface area contributed by atoms with Crippen molar-refractivity contribution in [2.75, 3.05) is 0 Å². The SMILES string of the molecule is CC[C@H](C)Oc1cccc(C(=O)NC(=S)NC2C3CC4CC(C3)CC2C4)c1. The van der Waals surface area contributed by atoms with Gasteiger partial charge in [0, 0.05) is 11.6 Å². The van der Waals surface area contributed by atoms with Crippen molar-refractivity contribution in [1.82, 2.24) is 10.6 Å². The van der Waals surface area contributed by atoms with Gasteiger partial charge in [-0.15, -0.1) is 0 Å². The molecular weight excluding hydrogens is 356 g/mol. The van der Waals surface area contributed by atoms with Crippen LogP contribution in [0.15, 0.2) is 24.3 Å². The highest BCUT2D eigenvalue weighted by molar-refractivity contribution is 7.80. The van der Waals surface area contributed by atoms with Gasteiger partial charge in [-0.05, 0) is 99.5 Å². The van der Waals surface area contributed by atoms with Crippen LogP contribution >= 0.6 is 12.2 Å². The first-order valence-corrected chi connectivity index (χ1v) is 10.8. The first-order chi connectivity index (χ1) is 13.0. The van der Waals surface area contributed by atoms with E-state index in [9.17, 15) is 4.79 Å². The summed E-state index contributed by atoms with van der Waals surface area (Å²) in [7, 11) is 0. The van der Waals surface area contributed by atoms with Crippen LogP contribution in [0.5, 0.6) is 5.75 Å². The second-order valence-corrected chi connectivity index (χ2v) is 9.16. The van der Waals surface area contributed by atoms with E-state index in [2.05, 4.69) is 17.6 Å². The molecule has 0 saturated heterocycles. The molecular formula is C22H30N2O2S. The van der Waals surface area contributed by atoms with Crippen LogP contribution in [0.4, 0.5) is 0 Å². The number of carbonyl (C=O) groups excluding carboxylic acids is 1. The lowest BCUT2D eigenvalue weighted by Crippen LogP contribution is -2.57. The number of hydrogen-bond acceptors (Lipinski definition) is 3. The number of benzene rings is 1. The van der Waals surface area contributed by atoms with Crippen LogP contribution in [0.3, 0.4) is 0 Å². The monoisotopic (exact) mass is 386 g/mol. The predicted molar refractivity (Wildman–Crippen MR) is 111 cm³/mol. The van der Waals surface area contributed by atoms with Crippen LogP contribution < -0.4 is 15.4 Å². The molecule has 0 unspecified atom stereocenters. The largest absolute Gasteiger partial charge is 0.491 e. The van der Waals surface area contributed by atoms with Crippen molar-refractivity contribution in [3.8, 4) is 5.75 Å². The zero-order chi connectivity index (χ0) is 19.0. The van der Waals surface area contributed by atoms with Crippen molar-refractivity contribution in [3.05, 3.63) is 29.8 Å². The molecule has 5 rings (SSSR count). The fourth-order valence-corrected chi connectivity index (χ4v) is 5.78. The normalized spacial score (nSPS) is 32.0. The molecule has 0 spiro atoms. The van der Waals surface area contributed by atoms with Gasteiger partial charge >= 0.3 is 0 Å². The Bertz CT molecular complexity index is 692. The Labute approximate surface area is 167 Å². The number of ether oxygens (including phenoxy) is 1. The second kappa shape index (κ2) is 7.78. The van der Waals surface area contributed by atoms with Gasteiger partial charge in [0.05, 0.1) is 6.10 Å². The molecule has 0 radical (unpaired) electrons. The number of nitrogens with one attached hydrogen (secondary N) is 2. The van der Waals surface area contributed by atoms with Crippen LogP contribution in [0.1, 0.15) is 62.7 Å². The Kier molecular flexibility index (Phi) is 5.40. The van der Waals surface area contributed by atoms with Gasteiger partial charge in [0.15, 0.2) is 5.11 Å². The smallest absolute Gasteiger partial charge is 0.257 e. The van der Waals surface area contributed by atoms with E-state index in [1.165, 1.54) is 32.1 Å². The third kappa shape index (κ3) is 4.13. The molecule has 5 heteroatoms. The van der Waals surface area contributed by atoms with Crippen molar-refractivity contribution in [3.63, 3.8) is 0 Å². The molecule has 1 amide bonds. The topological polar surface area (TPSA) is 50.4 Å². The Hall–Kier alpha value is -1.62. The fraction of sp³-hybridized carbons (Fsp3) is 0.636. The molecule has 4 bridgehead atoms. The Morgan fingerprint density at radius 3 is 2.48 bits per heavy atom. The molecule has 2 N–H and O–H groups in total. The molecule has 4 aliphatic rings. The lowest BCUT2D eigenvalue weighted by molar-refractivity contribution is -0.00692. The summed E-state index contributed by atoms with van der Waals surface area (Å²) >= 11 is 5.48. The number of amides is 1. The number of rotatable bonds is 5. The zero-order valence-electron chi connectivity index (χ0n) is 16.2. The van der Waals surface area contributed by atoms with Crippen molar-refractivity contribution < 1.29 is 9.53 Å². The Morgan fingerprint density at radius 2 is 1.85 bits per heavy atom. The summed E-state index contributed by atoms with van der Waals surface area (Å²) in [6.07, 6.45) is 7.81.